The van der Waals surface area contributed by atoms with E-state index in [0.717, 1.165) is 22.0 Å². The molecule has 1 amide bonds. The van der Waals surface area contributed by atoms with Crippen LogP contribution in [0.4, 0.5) is 5.69 Å². The van der Waals surface area contributed by atoms with Crippen LogP contribution in [0.15, 0.2) is 12.4 Å². The van der Waals surface area contributed by atoms with Gasteiger partial charge in [-0.3, -0.25) is 19.6 Å². The molecule has 1 atom stereocenters. The molecule has 110 valence electrons. The molecular weight excluding hydrogens is 268 g/mol. The zero-order chi connectivity index (χ0) is 15.7. The molecule has 0 aromatic carbocycles. The summed E-state index contributed by atoms with van der Waals surface area (Å²) >= 11 is 0. The second-order valence-electron chi connectivity index (χ2n) is 4.89. The van der Waals surface area contributed by atoms with E-state index in [1.165, 1.54) is 27.8 Å². The Morgan fingerprint density at radius 2 is 2.10 bits per heavy atom. The van der Waals surface area contributed by atoms with Crippen LogP contribution in [0.25, 0.3) is 0 Å². The molecule has 0 fully saturated rings. The summed E-state index contributed by atoms with van der Waals surface area (Å²) in [5, 5.41) is 23.3. The fourth-order valence-corrected chi connectivity index (χ4v) is 1.58. The third-order valence-corrected chi connectivity index (χ3v) is 3.13. The molecule has 20 heavy (non-hydrogen) atoms. The van der Waals surface area contributed by atoms with E-state index in [2.05, 4.69) is 5.10 Å². The van der Waals surface area contributed by atoms with Gasteiger partial charge in [-0.1, -0.05) is 0 Å². The van der Waals surface area contributed by atoms with Crippen molar-refractivity contribution in [3.63, 3.8) is 0 Å². The Hall–Kier alpha value is -2.45. The van der Waals surface area contributed by atoms with Gasteiger partial charge in [-0.25, -0.2) is 4.79 Å². The fraction of sp³-hybridized carbons (Fsp3) is 0.545. The van der Waals surface area contributed by atoms with Crippen LogP contribution in [-0.2, 0) is 15.1 Å². The lowest BCUT2D eigenvalue weighted by Crippen LogP contribution is -2.50. The molecule has 1 aromatic rings. The molecule has 1 aromatic heterocycles. The number of hydrogen-bond acceptors (Lipinski definition) is 5. The van der Waals surface area contributed by atoms with Crippen molar-refractivity contribution in [3.05, 3.63) is 22.5 Å². The van der Waals surface area contributed by atoms with Crippen molar-refractivity contribution in [1.29, 1.82) is 0 Å². The highest BCUT2D eigenvalue weighted by molar-refractivity contribution is 5.87. The summed E-state index contributed by atoms with van der Waals surface area (Å²) in [6.07, 6.45) is 2.17. The van der Waals surface area contributed by atoms with Crippen LogP contribution in [0.1, 0.15) is 20.8 Å². The number of nitrogens with zero attached hydrogens (tertiary/aromatic N) is 4. The van der Waals surface area contributed by atoms with E-state index in [-0.39, 0.29) is 5.69 Å². The predicted octanol–water partition coefficient (Wildman–Crippen LogP) is 0.458. The molecule has 9 heteroatoms. The second kappa shape index (κ2) is 5.27. The number of amides is 1. The Kier molecular flexibility index (Phi) is 4.11. The maximum atomic E-state index is 12.3. The Morgan fingerprint density at radius 1 is 1.55 bits per heavy atom. The molecular formula is C11H16N4O5. The Balaban J connectivity index is 3.05. The van der Waals surface area contributed by atoms with E-state index >= 15 is 0 Å². The Morgan fingerprint density at radius 3 is 2.50 bits per heavy atom. The molecule has 0 aliphatic rings. The summed E-state index contributed by atoms with van der Waals surface area (Å²) in [4.78, 5) is 34.3. The Bertz CT molecular complexity index is 551. The van der Waals surface area contributed by atoms with Gasteiger partial charge >= 0.3 is 11.7 Å². The highest BCUT2D eigenvalue weighted by Crippen LogP contribution is 2.21. The molecule has 0 aliphatic carbocycles. The minimum Gasteiger partial charge on any atom is -0.480 e. The second-order valence-corrected chi connectivity index (χ2v) is 4.89. The summed E-state index contributed by atoms with van der Waals surface area (Å²) in [6, 6.07) is -1.01. The van der Waals surface area contributed by atoms with Crippen LogP contribution in [0.5, 0.6) is 0 Å². The number of rotatable bonds is 5. The minimum atomic E-state index is -1.23. The molecule has 0 bridgehead atoms. The number of aliphatic carboxylic acids is 1. The summed E-state index contributed by atoms with van der Waals surface area (Å²) in [6.45, 7) is 4.40. The lowest BCUT2D eigenvalue weighted by Gasteiger charge is -2.31. The number of nitro groups is 1. The zero-order valence-electron chi connectivity index (χ0n) is 11.6. The maximum absolute atomic E-state index is 12.3. The number of likely N-dealkylation sites (N-methyl/N-ethyl adjacent to an activating group) is 1. The summed E-state index contributed by atoms with van der Waals surface area (Å²) in [5.41, 5.74) is -1.47. The quantitative estimate of drug-likeness (QED) is 0.619. The maximum Gasteiger partial charge on any atom is 0.326 e. The van der Waals surface area contributed by atoms with Gasteiger partial charge in [0.15, 0.2) is 0 Å². The molecule has 1 heterocycles. The van der Waals surface area contributed by atoms with E-state index in [0.29, 0.717) is 0 Å². The minimum absolute atomic E-state index is 0.236. The van der Waals surface area contributed by atoms with E-state index in [1.807, 2.05) is 0 Å². The number of carbonyl (C=O) groups excluding carboxylic acids is 1. The number of carboxylic acid groups (broad SMARTS) is 1. The van der Waals surface area contributed by atoms with Crippen molar-refractivity contribution in [3.8, 4) is 0 Å². The molecule has 0 radical (unpaired) electrons. The van der Waals surface area contributed by atoms with E-state index < -0.39 is 28.4 Å². The van der Waals surface area contributed by atoms with Crippen LogP contribution in [-0.4, -0.2) is 49.7 Å². The van der Waals surface area contributed by atoms with Crippen LogP contribution >= 0.6 is 0 Å². The van der Waals surface area contributed by atoms with Gasteiger partial charge in [0.1, 0.15) is 24.0 Å². The molecule has 0 saturated heterocycles. The smallest absolute Gasteiger partial charge is 0.326 e. The number of carboxylic acids is 1. The van der Waals surface area contributed by atoms with Gasteiger partial charge < -0.3 is 10.0 Å². The van der Waals surface area contributed by atoms with Crippen molar-refractivity contribution < 1.29 is 19.6 Å². The molecule has 0 saturated carbocycles. The number of aromatic nitrogens is 2. The monoisotopic (exact) mass is 284 g/mol. The first kappa shape index (κ1) is 15.6. The van der Waals surface area contributed by atoms with Gasteiger partial charge in [-0.05, 0) is 20.8 Å². The first-order valence-electron chi connectivity index (χ1n) is 5.78. The average molecular weight is 284 g/mol. The summed E-state index contributed by atoms with van der Waals surface area (Å²) in [7, 11) is 1.36. The molecule has 0 aliphatic heterocycles. The first-order valence-corrected chi connectivity index (χ1v) is 5.78. The van der Waals surface area contributed by atoms with E-state index in [9.17, 15) is 19.7 Å². The Labute approximate surface area is 114 Å². The van der Waals surface area contributed by atoms with Gasteiger partial charge in [-0.15, -0.1) is 0 Å². The molecule has 1 N–H and O–H groups in total. The lowest BCUT2D eigenvalue weighted by atomic mass is 10.0. The summed E-state index contributed by atoms with van der Waals surface area (Å²) in [5.74, 6) is -1.64. The average Bonchev–Trinajstić information content (AvgIpc) is 2.86. The SMILES string of the molecule is CC(C(=O)O)N(C)C(=O)C(C)(C)n1cc([N+](=O)[O-])cn1. The van der Waals surface area contributed by atoms with Gasteiger partial charge in [0.25, 0.3) is 0 Å². The highest BCUT2D eigenvalue weighted by atomic mass is 16.6. The molecule has 1 rings (SSSR count). The van der Waals surface area contributed by atoms with E-state index in [4.69, 9.17) is 5.11 Å². The third kappa shape index (κ3) is 2.76. The van der Waals surface area contributed by atoms with Crippen molar-refractivity contribution in [1.82, 2.24) is 14.7 Å². The van der Waals surface area contributed by atoms with Crippen molar-refractivity contribution in [2.75, 3.05) is 7.05 Å². The van der Waals surface area contributed by atoms with Crippen molar-refractivity contribution >= 4 is 17.6 Å². The largest absolute Gasteiger partial charge is 0.480 e. The van der Waals surface area contributed by atoms with Crippen LogP contribution in [0, 0.1) is 10.1 Å². The zero-order valence-corrected chi connectivity index (χ0v) is 11.6. The lowest BCUT2D eigenvalue weighted by molar-refractivity contribution is -0.385. The normalized spacial score (nSPS) is 12.8. The van der Waals surface area contributed by atoms with Crippen molar-refractivity contribution in [2.45, 2.75) is 32.4 Å². The fourth-order valence-electron chi connectivity index (χ4n) is 1.58. The standard InChI is InChI=1S/C11H16N4O5/c1-7(9(16)17)13(4)10(18)11(2,3)14-6-8(5-12-14)15(19)20/h5-7H,1-4H3,(H,16,17). The molecule has 9 nitrogen and oxygen atoms in total. The topological polar surface area (TPSA) is 119 Å². The van der Waals surface area contributed by atoms with Crippen molar-refractivity contribution in [2.24, 2.45) is 0 Å². The van der Waals surface area contributed by atoms with Gasteiger partial charge in [-0.2, -0.15) is 5.10 Å². The van der Waals surface area contributed by atoms with Gasteiger partial charge in [0, 0.05) is 7.05 Å². The highest BCUT2D eigenvalue weighted by Gasteiger charge is 2.37. The summed E-state index contributed by atoms with van der Waals surface area (Å²) < 4.78 is 1.15. The van der Waals surface area contributed by atoms with Gasteiger partial charge in [0.2, 0.25) is 5.91 Å². The number of carbonyl (C=O) groups is 2. The third-order valence-electron chi connectivity index (χ3n) is 3.13. The molecule has 1 unspecified atom stereocenters. The van der Waals surface area contributed by atoms with E-state index in [1.54, 1.807) is 0 Å². The van der Waals surface area contributed by atoms with Crippen LogP contribution in [0.3, 0.4) is 0 Å². The van der Waals surface area contributed by atoms with Gasteiger partial charge in [0.05, 0.1) is 4.92 Å². The predicted molar refractivity (Wildman–Crippen MR) is 68.1 cm³/mol. The number of hydrogen-bond donors (Lipinski definition) is 1. The van der Waals surface area contributed by atoms with Crippen LogP contribution in [0.2, 0.25) is 0 Å². The first-order chi connectivity index (χ1) is 9.09. The molecule has 0 spiro atoms. The van der Waals surface area contributed by atoms with Crippen LogP contribution < -0.4 is 0 Å².